The fraction of sp³-hybridized carbons (Fsp3) is 0.133. The van der Waals surface area contributed by atoms with Gasteiger partial charge >= 0.3 is 0 Å². The van der Waals surface area contributed by atoms with Crippen molar-refractivity contribution in [2.75, 3.05) is 13.1 Å². The van der Waals surface area contributed by atoms with Crippen molar-refractivity contribution in [3.05, 3.63) is 120 Å². The van der Waals surface area contributed by atoms with Gasteiger partial charge in [0.1, 0.15) is 0 Å². The van der Waals surface area contributed by atoms with E-state index in [0.29, 0.717) is 0 Å². The molecule has 2 N–H and O–H groups in total. The summed E-state index contributed by atoms with van der Waals surface area (Å²) in [4.78, 5) is 0. The molecule has 0 bridgehead atoms. The SMILES string of the molecule is CC.Clc1cc(-c2cccc(C3=CNCC=C3)c2)cc(-c2cccc(C3=CC=CNC3)c2)c1. The number of allylic oxidation sites excluding steroid dienone is 4. The standard InChI is InChI=1S/C28H23ClN2.C2H6/c29-28-16-26(22-7-1-5-20(13-22)24-9-3-11-30-18-24)15-27(17-28)23-8-2-6-21(14-23)25-10-4-12-31-19-25;1-2/h1-11,13-17,19,30-31H,12,18H2;1-2H3. The van der Waals surface area contributed by atoms with Gasteiger partial charge in [-0.25, -0.2) is 0 Å². The Bertz CT molecular complexity index is 1250. The minimum Gasteiger partial charge on any atom is -0.387 e. The van der Waals surface area contributed by atoms with Crippen LogP contribution in [-0.4, -0.2) is 13.1 Å². The zero-order valence-electron chi connectivity index (χ0n) is 19.1. The van der Waals surface area contributed by atoms with Crippen LogP contribution in [-0.2, 0) is 0 Å². The fourth-order valence-electron chi connectivity index (χ4n) is 4.01. The minimum absolute atomic E-state index is 0.739. The Morgan fingerprint density at radius 2 is 1.36 bits per heavy atom. The molecule has 0 saturated heterocycles. The van der Waals surface area contributed by atoms with Gasteiger partial charge in [-0.05, 0) is 87.1 Å². The molecule has 3 aromatic carbocycles. The molecule has 0 fully saturated rings. The Labute approximate surface area is 202 Å². The quantitative estimate of drug-likeness (QED) is 0.423. The molecule has 3 heteroatoms. The number of dihydropyridines is 2. The van der Waals surface area contributed by atoms with E-state index in [0.717, 1.165) is 40.4 Å². The highest BCUT2D eigenvalue weighted by molar-refractivity contribution is 6.31. The number of rotatable bonds is 4. The van der Waals surface area contributed by atoms with Crippen LogP contribution in [0.5, 0.6) is 0 Å². The van der Waals surface area contributed by atoms with Gasteiger partial charge in [0.2, 0.25) is 0 Å². The third-order valence-electron chi connectivity index (χ3n) is 5.59. The smallest absolute Gasteiger partial charge is 0.0418 e. The summed E-state index contributed by atoms with van der Waals surface area (Å²) in [7, 11) is 0. The second-order valence-corrected chi connectivity index (χ2v) is 8.17. The summed E-state index contributed by atoms with van der Waals surface area (Å²) < 4.78 is 0. The van der Waals surface area contributed by atoms with Gasteiger partial charge in [-0.3, -0.25) is 0 Å². The number of nitrogens with one attached hydrogen (secondary N) is 2. The molecule has 0 amide bonds. The minimum atomic E-state index is 0.739. The molecule has 0 aromatic heterocycles. The Hall–Kier alpha value is -3.49. The highest BCUT2D eigenvalue weighted by Crippen LogP contribution is 2.33. The van der Waals surface area contributed by atoms with Crippen molar-refractivity contribution in [3.63, 3.8) is 0 Å². The predicted molar refractivity (Wildman–Crippen MR) is 144 cm³/mol. The first-order valence-corrected chi connectivity index (χ1v) is 11.9. The molecule has 2 aliphatic heterocycles. The molecular formula is C30H29ClN2. The molecular weight excluding hydrogens is 424 g/mol. The molecule has 0 saturated carbocycles. The molecule has 5 rings (SSSR count). The van der Waals surface area contributed by atoms with Crippen LogP contribution in [0.3, 0.4) is 0 Å². The van der Waals surface area contributed by atoms with Gasteiger partial charge < -0.3 is 10.6 Å². The van der Waals surface area contributed by atoms with Crippen LogP contribution < -0.4 is 10.6 Å². The summed E-state index contributed by atoms with van der Waals surface area (Å²) in [6.45, 7) is 5.72. The van der Waals surface area contributed by atoms with Crippen LogP contribution in [0.25, 0.3) is 33.4 Å². The Kier molecular flexibility index (Phi) is 7.49. The lowest BCUT2D eigenvalue weighted by molar-refractivity contribution is 0.976. The van der Waals surface area contributed by atoms with E-state index < -0.39 is 0 Å². The summed E-state index contributed by atoms with van der Waals surface area (Å²) in [5, 5.41) is 7.30. The zero-order valence-corrected chi connectivity index (χ0v) is 19.9. The van der Waals surface area contributed by atoms with Crippen LogP contribution >= 0.6 is 11.6 Å². The van der Waals surface area contributed by atoms with E-state index in [4.69, 9.17) is 11.6 Å². The summed E-state index contributed by atoms with van der Waals surface area (Å²) in [6.07, 6.45) is 12.5. The normalized spacial score (nSPS) is 14.3. The molecule has 166 valence electrons. The lowest BCUT2D eigenvalue weighted by Crippen LogP contribution is -2.11. The van der Waals surface area contributed by atoms with E-state index in [1.165, 1.54) is 22.3 Å². The topological polar surface area (TPSA) is 24.1 Å². The molecule has 3 aromatic rings. The lowest BCUT2D eigenvalue weighted by Gasteiger charge is -2.14. The molecule has 33 heavy (non-hydrogen) atoms. The molecule has 2 nitrogen and oxygen atoms in total. The Morgan fingerprint density at radius 1 is 0.727 bits per heavy atom. The van der Waals surface area contributed by atoms with Crippen LogP contribution in [0.1, 0.15) is 25.0 Å². The third-order valence-corrected chi connectivity index (χ3v) is 5.81. The van der Waals surface area contributed by atoms with E-state index in [9.17, 15) is 0 Å². The molecule has 0 atom stereocenters. The first-order valence-electron chi connectivity index (χ1n) is 11.5. The molecule has 2 heterocycles. The first-order chi connectivity index (χ1) is 16.3. The molecule has 0 aliphatic carbocycles. The number of halogens is 1. The van der Waals surface area contributed by atoms with Gasteiger partial charge in [-0.1, -0.05) is 80.1 Å². The summed E-state index contributed by atoms with van der Waals surface area (Å²) in [5.74, 6) is 0. The largest absolute Gasteiger partial charge is 0.387 e. The Balaban J connectivity index is 0.00000126. The van der Waals surface area contributed by atoms with E-state index in [1.54, 1.807) is 0 Å². The lowest BCUT2D eigenvalue weighted by atomic mass is 9.94. The van der Waals surface area contributed by atoms with Gasteiger partial charge in [0.25, 0.3) is 0 Å². The number of hydrogen-bond donors (Lipinski definition) is 2. The van der Waals surface area contributed by atoms with E-state index in [-0.39, 0.29) is 0 Å². The maximum atomic E-state index is 6.56. The van der Waals surface area contributed by atoms with Crippen LogP contribution in [0.4, 0.5) is 0 Å². The van der Waals surface area contributed by atoms with Gasteiger partial charge in [0, 0.05) is 24.3 Å². The highest BCUT2D eigenvalue weighted by atomic mass is 35.5. The average Bonchev–Trinajstić information content (AvgIpc) is 2.91. The van der Waals surface area contributed by atoms with Crippen molar-refractivity contribution < 1.29 is 0 Å². The molecule has 0 radical (unpaired) electrons. The van der Waals surface area contributed by atoms with Crippen molar-refractivity contribution in [3.8, 4) is 22.3 Å². The second kappa shape index (κ2) is 10.9. The van der Waals surface area contributed by atoms with Crippen LogP contribution in [0.2, 0.25) is 5.02 Å². The second-order valence-electron chi connectivity index (χ2n) is 7.73. The van der Waals surface area contributed by atoms with Crippen molar-refractivity contribution in [2.24, 2.45) is 0 Å². The highest BCUT2D eigenvalue weighted by Gasteiger charge is 2.09. The van der Waals surface area contributed by atoms with Crippen molar-refractivity contribution in [2.45, 2.75) is 13.8 Å². The van der Waals surface area contributed by atoms with Crippen molar-refractivity contribution >= 4 is 22.7 Å². The molecule has 0 unspecified atom stereocenters. The van der Waals surface area contributed by atoms with Gasteiger partial charge in [0.05, 0.1) is 0 Å². The summed E-state index contributed by atoms with van der Waals surface area (Å²) in [6, 6.07) is 23.6. The van der Waals surface area contributed by atoms with Crippen molar-refractivity contribution in [1.82, 2.24) is 10.6 Å². The predicted octanol–water partition coefficient (Wildman–Crippen LogP) is 7.70. The Morgan fingerprint density at radius 3 is 2.00 bits per heavy atom. The van der Waals surface area contributed by atoms with E-state index >= 15 is 0 Å². The van der Waals surface area contributed by atoms with Gasteiger partial charge in [-0.15, -0.1) is 0 Å². The van der Waals surface area contributed by atoms with Gasteiger partial charge in [-0.2, -0.15) is 0 Å². The maximum Gasteiger partial charge on any atom is 0.0418 e. The average molecular weight is 453 g/mol. The van der Waals surface area contributed by atoms with Crippen molar-refractivity contribution in [1.29, 1.82) is 0 Å². The van der Waals surface area contributed by atoms with E-state index in [2.05, 4.69) is 89.7 Å². The zero-order chi connectivity index (χ0) is 23.0. The maximum absolute atomic E-state index is 6.56. The molecule has 2 aliphatic rings. The summed E-state index contributed by atoms with van der Waals surface area (Å²) in [5.41, 5.74) is 9.43. The summed E-state index contributed by atoms with van der Waals surface area (Å²) >= 11 is 6.56. The monoisotopic (exact) mass is 452 g/mol. The number of benzene rings is 3. The van der Waals surface area contributed by atoms with Gasteiger partial charge in [0.15, 0.2) is 0 Å². The van der Waals surface area contributed by atoms with E-state index in [1.807, 2.05) is 38.3 Å². The van der Waals surface area contributed by atoms with Crippen LogP contribution in [0, 0.1) is 0 Å². The van der Waals surface area contributed by atoms with Crippen LogP contribution in [0.15, 0.2) is 103 Å². The number of hydrogen-bond acceptors (Lipinski definition) is 2. The third kappa shape index (κ3) is 5.47. The first kappa shape index (κ1) is 22.7. The molecule has 0 spiro atoms. The fourth-order valence-corrected chi connectivity index (χ4v) is 4.24.